The highest BCUT2D eigenvalue weighted by Gasteiger charge is 2.14. The van der Waals surface area contributed by atoms with Gasteiger partial charge in [0.25, 0.3) is 0 Å². The fourth-order valence-corrected chi connectivity index (χ4v) is 3.62. The van der Waals surface area contributed by atoms with Gasteiger partial charge in [0.15, 0.2) is 0 Å². The minimum Gasteiger partial charge on any atom is -0.392 e. The summed E-state index contributed by atoms with van der Waals surface area (Å²) in [5.74, 6) is 0. The molecule has 0 spiro atoms. The Hall–Kier alpha value is -1.75. The highest BCUT2D eigenvalue weighted by Crippen LogP contribution is 2.11. The summed E-state index contributed by atoms with van der Waals surface area (Å²) in [6, 6.07) is 6.15. The molecule has 0 saturated heterocycles. The third-order valence-electron chi connectivity index (χ3n) is 4.82. The van der Waals surface area contributed by atoms with E-state index in [1.165, 1.54) is 10.8 Å². The predicted octanol–water partition coefficient (Wildman–Crippen LogP) is 3.35. The molecule has 28 heavy (non-hydrogen) atoms. The lowest BCUT2D eigenvalue weighted by molar-refractivity contribution is 0.138. The molecule has 0 saturated carbocycles. The van der Waals surface area contributed by atoms with Gasteiger partial charge in [-0.25, -0.2) is 4.98 Å². The lowest BCUT2D eigenvalue weighted by Gasteiger charge is -2.21. The summed E-state index contributed by atoms with van der Waals surface area (Å²) in [6.07, 6.45) is 9.35. The number of hydrogen-bond donors (Lipinski definition) is 2. The van der Waals surface area contributed by atoms with Gasteiger partial charge in [-0.2, -0.15) is 0 Å². The van der Waals surface area contributed by atoms with E-state index >= 15 is 0 Å². The number of halogens is 1. The van der Waals surface area contributed by atoms with Crippen molar-refractivity contribution >= 4 is 23.8 Å². The summed E-state index contributed by atoms with van der Waals surface area (Å²) in [6.45, 7) is 8.76. The van der Waals surface area contributed by atoms with Crippen LogP contribution in [0.15, 0.2) is 24.4 Å². The number of nitrogens with one attached hydrogen (secondary N) is 1. The van der Waals surface area contributed by atoms with Gasteiger partial charge >= 0.3 is 0 Å². The van der Waals surface area contributed by atoms with Crippen molar-refractivity contribution in [3.63, 3.8) is 0 Å². The van der Waals surface area contributed by atoms with Gasteiger partial charge < -0.3 is 10.4 Å². The van der Waals surface area contributed by atoms with E-state index in [9.17, 15) is 5.11 Å². The lowest BCUT2D eigenvalue weighted by Crippen LogP contribution is -2.39. The first-order valence-electron chi connectivity index (χ1n) is 10.2. The van der Waals surface area contributed by atoms with Crippen LogP contribution in [-0.4, -0.2) is 27.2 Å². The van der Waals surface area contributed by atoms with Crippen LogP contribution in [0.2, 0.25) is 5.15 Å². The Morgan fingerprint density at radius 3 is 2.68 bits per heavy atom. The van der Waals surface area contributed by atoms with Crippen LogP contribution in [0.5, 0.6) is 0 Å². The molecule has 2 rings (SSSR count). The van der Waals surface area contributed by atoms with Crippen LogP contribution in [0.1, 0.15) is 63.8 Å². The quantitative estimate of drug-likeness (QED) is 0.632. The van der Waals surface area contributed by atoms with Crippen molar-refractivity contribution in [2.75, 3.05) is 0 Å². The number of hydrogen-bond acceptors (Lipinski definition) is 4. The van der Waals surface area contributed by atoms with Gasteiger partial charge in [-0.05, 0) is 67.7 Å². The zero-order valence-corrected chi connectivity index (χ0v) is 18.1. The van der Waals surface area contributed by atoms with E-state index in [-0.39, 0.29) is 12.1 Å². The van der Waals surface area contributed by atoms with Gasteiger partial charge in [0, 0.05) is 18.8 Å². The summed E-state index contributed by atoms with van der Waals surface area (Å²) in [7, 11) is 0. The predicted molar refractivity (Wildman–Crippen MR) is 118 cm³/mol. The standard InChI is InChI=1S/C23H32ClN3O/c1-5-8-20-18(12-17-10-11-25-23(24)13-17)14-19(27-21(20)7-3)15-26-22(9-6-2)16(4)28/h7-8,10-11,13-14,16,22,26,28H,5-6,9,12,15H2,1-4H3/b20-8-,21-7+. The number of nitrogens with zero attached hydrogens (tertiary/aromatic N) is 2. The zero-order valence-electron chi connectivity index (χ0n) is 17.4. The summed E-state index contributed by atoms with van der Waals surface area (Å²) >= 11 is 6.07. The van der Waals surface area contributed by atoms with Crippen LogP contribution >= 0.6 is 11.6 Å². The SMILES string of the molecule is C/C=c1/nc(CNC(CCC)C(C)O)cc(Cc2ccnc(Cl)c2)/c1=C/CC. The van der Waals surface area contributed by atoms with Crippen molar-refractivity contribution in [1.82, 2.24) is 15.3 Å². The minimum absolute atomic E-state index is 0.0743. The highest BCUT2D eigenvalue weighted by molar-refractivity contribution is 6.29. The van der Waals surface area contributed by atoms with Gasteiger partial charge in [0.05, 0.1) is 17.1 Å². The molecule has 152 valence electrons. The first-order valence-corrected chi connectivity index (χ1v) is 10.5. The molecular weight excluding hydrogens is 370 g/mol. The Morgan fingerprint density at radius 1 is 1.29 bits per heavy atom. The van der Waals surface area contributed by atoms with Crippen LogP contribution in [0.4, 0.5) is 0 Å². The third kappa shape index (κ3) is 6.40. The molecule has 0 bridgehead atoms. The number of rotatable bonds is 9. The molecule has 2 unspecified atom stereocenters. The van der Waals surface area contributed by atoms with Gasteiger partial charge in [-0.3, -0.25) is 4.98 Å². The van der Waals surface area contributed by atoms with E-state index in [1.54, 1.807) is 6.20 Å². The maximum Gasteiger partial charge on any atom is 0.129 e. The number of aliphatic hydroxyl groups is 1. The fraction of sp³-hybridized carbons (Fsp3) is 0.478. The van der Waals surface area contributed by atoms with Crippen LogP contribution in [0, 0.1) is 0 Å². The highest BCUT2D eigenvalue weighted by atomic mass is 35.5. The second kappa shape index (κ2) is 11.3. The number of pyridine rings is 2. The topological polar surface area (TPSA) is 58.0 Å². The Bertz CT molecular complexity index is 880. The zero-order chi connectivity index (χ0) is 20.5. The maximum absolute atomic E-state index is 10.00. The Kier molecular flexibility index (Phi) is 9.10. The molecule has 0 aliphatic carbocycles. The molecule has 4 nitrogen and oxygen atoms in total. The summed E-state index contributed by atoms with van der Waals surface area (Å²) in [4.78, 5) is 8.93. The largest absolute Gasteiger partial charge is 0.392 e. The van der Waals surface area contributed by atoms with Crippen molar-refractivity contribution in [3.05, 3.63) is 56.9 Å². The molecule has 5 heteroatoms. The van der Waals surface area contributed by atoms with Gasteiger partial charge in [-0.15, -0.1) is 0 Å². The molecule has 2 aromatic rings. The molecule has 0 radical (unpaired) electrons. The maximum atomic E-state index is 10.00. The van der Waals surface area contributed by atoms with Crippen molar-refractivity contribution in [3.8, 4) is 0 Å². The molecule has 0 aromatic carbocycles. The summed E-state index contributed by atoms with van der Waals surface area (Å²) < 4.78 is 0. The first kappa shape index (κ1) is 22.5. The normalized spacial score (nSPS) is 15.1. The van der Waals surface area contributed by atoms with Gasteiger partial charge in [0.2, 0.25) is 0 Å². The Morgan fingerprint density at radius 2 is 2.07 bits per heavy atom. The summed E-state index contributed by atoms with van der Waals surface area (Å²) in [5, 5.41) is 16.2. The number of aromatic nitrogens is 2. The van der Waals surface area contributed by atoms with E-state index in [4.69, 9.17) is 16.6 Å². The van der Waals surface area contributed by atoms with Crippen molar-refractivity contribution in [1.29, 1.82) is 0 Å². The molecular formula is C23H32ClN3O. The average Bonchev–Trinajstić information content (AvgIpc) is 2.66. The van der Waals surface area contributed by atoms with Crippen LogP contribution in [0.3, 0.4) is 0 Å². The minimum atomic E-state index is -0.386. The van der Waals surface area contributed by atoms with E-state index in [1.807, 2.05) is 26.0 Å². The Labute approximate surface area is 173 Å². The molecule has 0 aliphatic heterocycles. The third-order valence-corrected chi connectivity index (χ3v) is 5.03. The van der Waals surface area contributed by atoms with E-state index in [2.05, 4.69) is 42.4 Å². The monoisotopic (exact) mass is 401 g/mol. The van der Waals surface area contributed by atoms with E-state index in [0.29, 0.717) is 11.7 Å². The molecule has 0 fully saturated rings. The molecule has 0 aliphatic rings. The van der Waals surface area contributed by atoms with Crippen molar-refractivity contribution < 1.29 is 5.11 Å². The van der Waals surface area contributed by atoms with Crippen LogP contribution < -0.4 is 15.9 Å². The smallest absolute Gasteiger partial charge is 0.129 e. The summed E-state index contributed by atoms with van der Waals surface area (Å²) in [5.41, 5.74) is 3.34. The molecule has 2 N–H and O–H groups in total. The van der Waals surface area contributed by atoms with Crippen molar-refractivity contribution in [2.45, 2.75) is 72.1 Å². The second-order valence-electron chi connectivity index (χ2n) is 7.15. The lowest BCUT2D eigenvalue weighted by atomic mass is 10.0. The van der Waals surface area contributed by atoms with E-state index < -0.39 is 0 Å². The van der Waals surface area contributed by atoms with Crippen LogP contribution in [0.25, 0.3) is 12.2 Å². The molecule has 0 amide bonds. The molecule has 2 atom stereocenters. The average molecular weight is 402 g/mol. The van der Waals surface area contributed by atoms with E-state index in [0.717, 1.165) is 42.3 Å². The van der Waals surface area contributed by atoms with Gasteiger partial charge in [0.1, 0.15) is 5.15 Å². The second-order valence-corrected chi connectivity index (χ2v) is 7.54. The van der Waals surface area contributed by atoms with Gasteiger partial charge in [-0.1, -0.05) is 44.0 Å². The number of aliphatic hydroxyl groups excluding tert-OH is 1. The Balaban J connectivity index is 2.39. The molecule has 2 aromatic heterocycles. The molecule has 2 heterocycles. The fourth-order valence-electron chi connectivity index (χ4n) is 3.42. The van der Waals surface area contributed by atoms with Crippen molar-refractivity contribution in [2.24, 2.45) is 0 Å². The van der Waals surface area contributed by atoms with Crippen LogP contribution in [-0.2, 0) is 13.0 Å². The first-order chi connectivity index (χ1) is 13.5.